The Kier molecular flexibility index (Phi) is 6.55. The van der Waals surface area contributed by atoms with Gasteiger partial charge in [-0.2, -0.15) is 4.31 Å². The molecule has 210 valence electrons. The second-order valence-electron chi connectivity index (χ2n) is 11.6. The lowest BCUT2D eigenvalue weighted by Crippen LogP contribution is -2.32. The molecule has 0 saturated carbocycles. The summed E-state index contributed by atoms with van der Waals surface area (Å²) in [4.78, 5) is 15.8. The third-order valence-corrected chi connectivity index (χ3v) is 9.79. The number of allylic oxidation sites excluding steroid dienone is 2. The monoisotopic (exact) mass is 561 g/mol. The molecule has 0 radical (unpaired) electrons. The molecular formula is C29H35N7O3S. The minimum atomic E-state index is -3.81. The molecule has 0 spiro atoms. The van der Waals surface area contributed by atoms with Crippen molar-refractivity contribution < 1.29 is 13.2 Å². The summed E-state index contributed by atoms with van der Waals surface area (Å²) in [5.41, 5.74) is 17.9. The Balaban J connectivity index is 1.34. The van der Waals surface area contributed by atoms with Gasteiger partial charge in [0.05, 0.1) is 12.2 Å². The molecule has 1 aliphatic carbocycles. The minimum Gasteiger partial charge on any atom is -0.491 e. The Morgan fingerprint density at radius 1 is 1.10 bits per heavy atom. The van der Waals surface area contributed by atoms with Crippen LogP contribution in [0.1, 0.15) is 44.0 Å². The van der Waals surface area contributed by atoms with Gasteiger partial charge in [0.15, 0.2) is 0 Å². The average Bonchev–Trinajstić information content (AvgIpc) is 3.24. The Hall–Kier alpha value is -3.54. The van der Waals surface area contributed by atoms with E-state index in [1.807, 2.05) is 18.2 Å². The number of rotatable bonds is 4. The van der Waals surface area contributed by atoms with E-state index in [0.717, 1.165) is 40.4 Å². The molecule has 1 aromatic carbocycles. The van der Waals surface area contributed by atoms with Gasteiger partial charge in [0.1, 0.15) is 35.2 Å². The number of hydrogen-bond acceptors (Lipinski definition) is 9. The zero-order valence-corrected chi connectivity index (χ0v) is 23.9. The van der Waals surface area contributed by atoms with E-state index in [0.29, 0.717) is 38.2 Å². The number of hydrogen-bond donors (Lipinski definition) is 2. The Morgan fingerprint density at radius 3 is 2.70 bits per heavy atom. The van der Waals surface area contributed by atoms with Gasteiger partial charge in [0, 0.05) is 48.6 Å². The quantitative estimate of drug-likeness (QED) is 0.491. The molecule has 10 nitrogen and oxygen atoms in total. The number of nitrogens with zero attached hydrogens (tertiary/aromatic N) is 5. The van der Waals surface area contributed by atoms with Crippen LogP contribution in [0.5, 0.6) is 5.75 Å². The zero-order valence-electron chi connectivity index (χ0n) is 23.1. The molecule has 6 rings (SSSR count). The van der Waals surface area contributed by atoms with Crippen LogP contribution in [0, 0.1) is 5.41 Å². The van der Waals surface area contributed by atoms with Crippen LogP contribution >= 0.6 is 0 Å². The van der Waals surface area contributed by atoms with E-state index in [4.69, 9.17) is 21.2 Å². The zero-order chi connectivity index (χ0) is 28.2. The lowest BCUT2D eigenvalue weighted by molar-refractivity contribution is 0.331. The van der Waals surface area contributed by atoms with Crippen molar-refractivity contribution in [2.45, 2.75) is 51.1 Å². The highest BCUT2D eigenvalue weighted by molar-refractivity contribution is 7.89. The van der Waals surface area contributed by atoms with Crippen molar-refractivity contribution in [2.75, 3.05) is 36.9 Å². The first-order chi connectivity index (χ1) is 19.0. The molecule has 1 saturated heterocycles. The summed E-state index contributed by atoms with van der Waals surface area (Å²) in [5.74, 6) is 1.71. The summed E-state index contributed by atoms with van der Waals surface area (Å²) in [6, 6.07) is 7.32. The SMILES string of the molecule is CC1=CC(C)(C)Cc2c1ncnc2N1CCOc2ccc(-c3cnc(N)c(S(=O)(=O)N4CCC(N)C4)c3)cc2C1. The van der Waals surface area contributed by atoms with Crippen LogP contribution in [0.25, 0.3) is 16.7 Å². The maximum Gasteiger partial charge on any atom is 0.246 e. The van der Waals surface area contributed by atoms with Crippen LogP contribution in [-0.2, 0) is 23.0 Å². The fourth-order valence-corrected chi connectivity index (χ4v) is 7.63. The van der Waals surface area contributed by atoms with Crippen molar-refractivity contribution in [3.63, 3.8) is 0 Å². The van der Waals surface area contributed by atoms with Crippen LogP contribution in [0.3, 0.4) is 0 Å². The predicted molar refractivity (Wildman–Crippen MR) is 155 cm³/mol. The highest BCUT2D eigenvalue weighted by Gasteiger charge is 2.33. The van der Waals surface area contributed by atoms with Crippen molar-refractivity contribution in [3.05, 3.63) is 59.7 Å². The number of ether oxygens (including phenoxy) is 1. The minimum absolute atomic E-state index is 0.00516. The molecular weight excluding hydrogens is 526 g/mol. The summed E-state index contributed by atoms with van der Waals surface area (Å²) >= 11 is 0. The maximum atomic E-state index is 13.4. The van der Waals surface area contributed by atoms with Crippen LogP contribution in [0.4, 0.5) is 11.6 Å². The number of fused-ring (bicyclic) bond motifs is 2. The van der Waals surface area contributed by atoms with E-state index in [2.05, 4.69) is 41.7 Å². The normalized spacial score (nSPS) is 20.8. The smallest absolute Gasteiger partial charge is 0.246 e. The predicted octanol–water partition coefficient (Wildman–Crippen LogP) is 3.23. The molecule has 40 heavy (non-hydrogen) atoms. The number of pyridine rings is 1. The summed E-state index contributed by atoms with van der Waals surface area (Å²) in [7, 11) is -3.81. The van der Waals surface area contributed by atoms with Crippen LogP contribution in [0.2, 0.25) is 0 Å². The second-order valence-corrected chi connectivity index (χ2v) is 13.5. The molecule has 4 N–H and O–H groups in total. The molecule has 3 aromatic rings. The summed E-state index contributed by atoms with van der Waals surface area (Å²) in [6.45, 7) is 9.02. The molecule has 0 amide bonds. The van der Waals surface area contributed by atoms with Gasteiger partial charge in [-0.1, -0.05) is 26.0 Å². The van der Waals surface area contributed by atoms with Crippen molar-refractivity contribution in [2.24, 2.45) is 11.1 Å². The fourth-order valence-electron chi connectivity index (χ4n) is 6.02. The molecule has 2 aliphatic heterocycles. The standard InChI is InChI=1S/C29H35N7O3S/c1-18-12-29(2,3)13-23-26(18)33-17-34-28(23)35-8-9-39-24-5-4-19(10-21(24)15-35)20-11-25(27(31)32-14-20)40(37,38)36-7-6-22(30)16-36/h4-5,10-12,14,17,22H,6-9,13,15-16,30H2,1-3H3,(H2,31,32). The Morgan fingerprint density at radius 2 is 1.93 bits per heavy atom. The number of benzene rings is 1. The number of nitrogen functional groups attached to an aromatic ring is 1. The van der Waals surface area contributed by atoms with E-state index in [9.17, 15) is 8.42 Å². The average molecular weight is 562 g/mol. The fraction of sp³-hybridized carbons (Fsp3) is 0.414. The Labute approximate surface area is 235 Å². The van der Waals surface area contributed by atoms with Gasteiger partial charge in [-0.05, 0) is 54.5 Å². The maximum absolute atomic E-state index is 13.4. The van der Waals surface area contributed by atoms with Crippen LogP contribution < -0.4 is 21.1 Å². The first kappa shape index (κ1) is 26.7. The van der Waals surface area contributed by atoms with Crippen LogP contribution in [-0.4, -0.2) is 60.0 Å². The van der Waals surface area contributed by atoms with E-state index in [-0.39, 0.29) is 28.7 Å². The van der Waals surface area contributed by atoms with Crippen molar-refractivity contribution in [1.29, 1.82) is 0 Å². The van der Waals surface area contributed by atoms with Crippen molar-refractivity contribution in [1.82, 2.24) is 19.3 Å². The highest BCUT2D eigenvalue weighted by atomic mass is 32.2. The third kappa shape index (κ3) is 4.82. The number of aromatic nitrogens is 3. The molecule has 3 aliphatic rings. The topological polar surface area (TPSA) is 141 Å². The first-order valence-electron chi connectivity index (χ1n) is 13.6. The number of sulfonamides is 1. The summed E-state index contributed by atoms with van der Waals surface area (Å²) in [6.07, 6.45) is 7.01. The first-order valence-corrected chi connectivity index (χ1v) is 15.0. The van der Waals surface area contributed by atoms with E-state index in [1.54, 1.807) is 18.6 Å². The lowest BCUT2D eigenvalue weighted by atomic mass is 9.78. The van der Waals surface area contributed by atoms with Gasteiger partial charge in [-0.15, -0.1) is 0 Å². The molecule has 0 bridgehead atoms. The van der Waals surface area contributed by atoms with E-state index >= 15 is 0 Å². The third-order valence-electron chi connectivity index (χ3n) is 7.90. The second kappa shape index (κ2) is 9.83. The van der Waals surface area contributed by atoms with Gasteiger partial charge in [-0.3, -0.25) is 0 Å². The molecule has 1 unspecified atom stereocenters. The lowest BCUT2D eigenvalue weighted by Gasteiger charge is -2.32. The molecule has 11 heteroatoms. The van der Waals surface area contributed by atoms with Gasteiger partial charge < -0.3 is 21.1 Å². The number of nitrogens with two attached hydrogens (primary N) is 2. The Bertz CT molecular complexity index is 1620. The molecule has 1 atom stereocenters. The van der Waals surface area contributed by atoms with E-state index in [1.165, 1.54) is 9.88 Å². The summed E-state index contributed by atoms with van der Waals surface area (Å²) in [5, 5.41) is 0. The van der Waals surface area contributed by atoms with E-state index < -0.39 is 10.0 Å². The van der Waals surface area contributed by atoms with Gasteiger partial charge in [0.25, 0.3) is 0 Å². The molecule has 1 fully saturated rings. The highest BCUT2D eigenvalue weighted by Crippen LogP contribution is 2.40. The van der Waals surface area contributed by atoms with Gasteiger partial charge >= 0.3 is 0 Å². The van der Waals surface area contributed by atoms with Crippen molar-refractivity contribution >= 4 is 27.2 Å². The van der Waals surface area contributed by atoms with Crippen molar-refractivity contribution in [3.8, 4) is 16.9 Å². The van der Waals surface area contributed by atoms with Gasteiger partial charge in [-0.25, -0.2) is 23.4 Å². The summed E-state index contributed by atoms with van der Waals surface area (Å²) < 4.78 is 34.2. The largest absolute Gasteiger partial charge is 0.491 e. The number of anilines is 2. The van der Waals surface area contributed by atoms with Gasteiger partial charge in [0.2, 0.25) is 10.0 Å². The molecule has 4 heterocycles. The molecule has 2 aromatic heterocycles. The van der Waals surface area contributed by atoms with Crippen LogP contribution in [0.15, 0.2) is 47.8 Å².